The molecular weight excluding hydrogens is 332 g/mol. The van der Waals surface area contributed by atoms with Gasteiger partial charge in [-0.05, 0) is 26.0 Å². The number of hydrogen-bond acceptors (Lipinski definition) is 5. The number of rotatable bonds is 7. The second-order valence-corrected chi connectivity index (χ2v) is 6.73. The van der Waals surface area contributed by atoms with Crippen LogP contribution in [0.2, 0.25) is 0 Å². The van der Waals surface area contributed by atoms with Crippen LogP contribution >= 0.6 is 27.7 Å². The van der Waals surface area contributed by atoms with Gasteiger partial charge in [-0.1, -0.05) is 15.9 Å². The lowest BCUT2D eigenvalue weighted by Crippen LogP contribution is -2.22. The normalized spacial score (nSPS) is 11.4. The molecule has 7 heteroatoms. The van der Waals surface area contributed by atoms with Gasteiger partial charge in [0.2, 0.25) is 0 Å². The summed E-state index contributed by atoms with van der Waals surface area (Å²) in [6, 6.07) is 4.81. The zero-order chi connectivity index (χ0) is 14.5. The zero-order valence-corrected chi connectivity index (χ0v) is 13.3. The maximum Gasteiger partial charge on any atom is 0.292 e. The smallest absolute Gasteiger partial charge is 0.292 e. The lowest BCUT2D eigenvalue weighted by Gasteiger charge is -2.16. The fourth-order valence-corrected chi connectivity index (χ4v) is 2.64. The van der Waals surface area contributed by atoms with Crippen LogP contribution in [0.3, 0.4) is 0 Å². The second-order valence-electron chi connectivity index (χ2n) is 4.71. The number of nitrogens with zero attached hydrogens (tertiary/aromatic N) is 1. The Morgan fingerprint density at radius 3 is 2.79 bits per heavy atom. The van der Waals surface area contributed by atoms with Crippen molar-refractivity contribution >= 4 is 39.1 Å². The predicted octanol–water partition coefficient (Wildman–Crippen LogP) is 3.27. The molecule has 0 heterocycles. The van der Waals surface area contributed by atoms with E-state index < -0.39 is 10.5 Å². The summed E-state index contributed by atoms with van der Waals surface area (Å²) in [7, 11) is 0. The van der Waals surface area contributed by atoms with Crippen LogP contribution in [0.25, 0.3) is 0 Å². The molecule has 5 nitrogen and oxygen atoms in total. The first-order chi connectivity index (χ1) is 8.79. The number of thioether (sulfide) groups is 1. The lowest BCUT2D eigenvalue weighted by molar-refractivity contribution is -0.384. The Morgan fingerprint density at radius 2 is 2.21 bits per heavy atom. The first-order valence-electron chi connectivity index (χ1n) is 5.77. The van der Waals surface area contributed by atoms with Gasteiger partial charge in [-0.15, -0.1) is 0 Å². The Balaban J connectivity index is 2.49. The molecule has 0 bridgehead atoms. The van der Waals surface area contributed by atoms with Gasteiger partial charge in [0.25, 0.3) is 5.69 Å². The molecule has 0 saturated heterocycles. The van der Waals surface area contributed by atoms with E-state index in [0.29, 0.717) is 18.0 Å². The maximum atomic E-state index is 10.9. The van der Waals surface area contributed by atoms with Gasteiger partial charge in [-0.3, -0.25) is 10.1 Å². The van der Waals surface area contributed by atoms with Gasteiger partial charge >= 0.3 is 0 Å². The number of nitrogens with one attached hydrogen (secondary N) is 1. The molecule has 0 fully saturated rings. The predicted molar refractivity (Wildman–Crippen MR) is 82.9 cm³/mol. The molecule has 0 radical (unpaired) electrons. The Hall–Kier alpha value is -0.790. The van der Waals surface area contributed by atoms with Crippen molar-refractivity contribution in [2.75, 3.05) is 23.4 Å². The summed E-state index contributed by atoms with van der Waals surface area (Å²) in [6.07, 6.45) is 0. The molecule has 0 atom stereocenters. The van der Waals surface area contributed by atoms with Crippen LogP contribution in [0.5, 0.6) is 0 Å². The van der Waals surface area contributed by atoms with Crippen LogP contribution in [0, 0.1) is 10.1 Å². The van der Waals surface area contributed by atoms with Crippen molar-refractivity contribution in [2.24, 2.45) is 0 Å². The summed E-state index contributed by atoms with van der Waals surface area (Å²) in [5.74, 6) is 1.41. The summed E-state index contributed by atoms with van der Waals surface area (Å²) in [4.78, 5) is 10.5. The largest absolute Gasteiger partial charge is 0.390 e. The molecule has 19 heavy (non-hydrogen) atoms. The van der Waals surface area contributed by atoms with E-state index in [1.807, 2.05) is 0 Å². The van der Waals surface area contributed by atoms with Crippen molar-refractivity contribution in [2.45, 2.75) is 19.4 Å². The maximum absolute atomic E-state index is 10.9. The fourth-order valence-electron chi connectivity index (χ4n) is 1.39. The minimum absolute atomic E-state index is 0.0655. The highest BCUT2D eigenvalue weighted by molar-refractivity contribution is 9.10. The Labute approximate surface area is 125 Å². The van der Waals surface area contributed by atoms with Crippen LogP contribution in [0.15, 0.2) is 22.7 Å². The van der Waals surface area contributed by atoms with Crippen LogP contribution in [0.4, 0.5) is 11.4 Å². The van der Waals surface area contributed by atoms with Gasteiger partial charge in [0.15, 0.2) is 0 Å². The Morgan fingerprint density at radius 1 is 1.53 bits per heavy atom. The molecule has 0 aliphatic carbocycles. The van der Waals surface area contributed by atoms with Crippen molar-refractivity contribution in [3.8, 4) is 0 Å². The lowest BCUT2D eigenvalue weighted by atomic mass is 10.2. The van der Waals surface area contributed by atoms with Crippen molar-refractivity contribution in [3.05, 3.63) is 32.8 Å². The van der Waals surface area contributed by atoms with Gasteiger partial charge in [0.1, 0.15) is 5.69 Å². The highest BCUT2D eigenvalue weighted by Crippen LogP contribution is 2.27. The van der Waals surface area contributed by atoms with E-state index in [4.69, 9.17) is 0 Å². The van der Waals surface area contributed by atoms with E-state index >= 15 is 0 Å². The van der Waals surface area contributed by atoms with Crippen molar-refractivity contribution in [1.29, 1.82) is 0 Å². The number of benzene rings is 1. The highest BCUT2D eigenvalue weighted by Gasteiger charge is 2.14. The van der Waals surface area contributed by atoms with Gasteiger partial charge < -0.3 is 10.4 Å². The number of aliphatic hydroxyl groups is 1. The molecule has 0 aliphatic heterocycles. The fraction of sp³-hybridized carbons (Fsp3) is 0.500. The van der Waals surface area contributed by atoms with E-state index in [9.17, 15) is 15.2 Å². The molecule has 106 valence electrons. The molecule has 1 aromatic rings. The number of anilines is 1. The summed E-state index contributed by atoms with van der Waals surface area (Å²) in [5.41, 5.74) is -0.120. The van der Waals surface area contributed by atoms with E-state index in [2.05, 4.69) is 21.2 Å². The molecule has 0 saturated carbocycles. The van der Waals surface area contributed by atoms with Gasteiger partial charge in [0.05, 0.1) is 10.5 Å². The summed E-state index contributed by atoms with van der Waals surface area (Å²) >= 11 is 4.90. The van der Waals surface area contributed by atoms with E-state index in [0.717, 1.165) is 10.2 Å². The monoisotopic (exact) mass is 348 g/mol. The molecule has 0 amide bonds. The van der Waals surface area contributed by atoms with Crippen LogP contribution in [0.1, 0.15) is 13.8 Å². The third-order valence-electron chi connectivity index (χ3n) is 2.17. The molecule has 0 aromatic heterocycles. The standard InChI is InChI=1S/C12H17BrN2O3S/c1-12(2,16)8-19-6-5-14-10-7-9(13)3-4-11(10)15(17)18/h3-4,7,14,16H,5-6,8H2,1-2H3. The molecule has 2 N–H and O–H groups in total. The number of halogens is 1. The molecule has 1 rings (SSSR count). The van der Waals surface area contributed by atoms with Crippen molar-refractivity contribution < 1.29 is 10.0 Å². The highest BCUT2D eigenvalue weighted by atomic mass is 79.9. The first kappa shape index (κ1) is 16.3. The third-order valence-corrected chi connectivity index (χ3v) is 4.07. The average molecular weight is 349 g/mol. The summed E-state index contributed by atoms with van der Waals surface area (Å²) in [5, 5.41) is 23.5. The number of hydrogen-bond donors (Lipinski definition) is 2. The van der Waals surface area contributed by atoms with E-state index in [-0.39, 0.29) is 5.69 Å². The molecular formula is C12H17BrN2O3S. The van der Waals surface area contributed by atoms with Crippen LogP contribution in [-0.2, 0) is 0 Å². The minimum Gasteiger partial charge on any atom is -0.390 e. The van der Waals surface area contributed by atoms with E-state index in [1.165, 1.54) is 6.07 Å². The van der Waals surface area contributed by atoms with Crippen molar-refractivity contribution in [3.63, 3.8) is 0 Å². The number of nitro groups is 1. The number of nitro benzene ring substituents is 1. The van der Waals surface area contributed by atoms with Crippen LogP contribution in [-0.4, -0.2) is 33.7 Å². The zero-order valence-electron chi connectivity index (χ0n) is 10.9. The van der Waals surface area contributed by atoms with Gasteiger partial charge in [-0.2, -0.15) is 11.8 Å². The SMILES string of the molecule is CC(C)(O)CSCCNc1cc(Br)ccc1[N+](=O)[O-]. The van der Waals surface area contributed by atoms with E-state index in [1.54, 1.807) is 37.7 Å². The van der Waals surface area contributed by atoms with Crippen molar-refractivity contribution in [1.82, 2.24) is 0 Å². The van der Waals surface area contributed by atoms with Gasteiger partial charge in [0, 0.05) is 28.6 Å². The summed E-state index contributed by atoms with van der Waals surface area (Å²) in [6.45, 7) is 4.12. The second kappa shape index (κ2) is 7.12. The molecule has 0 unspecified atom stereocenters. The summed E-state index contributed by atoms with van der Waals surface area (Å²) < 4.78 is 0.796. The Kier molecular flexibility index (Phi) is 6.09. The third kappa shape index (κ3) is 6.26. The average Bonchev–Trinajstić information content (AvgIpc) is 2.26. The Bertz CT molecular complexity index is 449. The molecule has 0 aliphatic rings. The quantitative estimate of drug-likeness (QED) is 0.449. The molecule has 1 aromatic carbocycles. The van der Waals surface area contributed by atoms with Gasteiger partial charge in [-0.25, -0.2) is 0 Å². The molecule has 0 spiro atoms. The first-order valence-corrected chi connectivity index (χ1v) is 7.72. The topological polar surface area (TPSA) is 75.4 Å². The van der Waals surface area contributed by atoms with Crippen LogP contribution < -0.4 is 5.32 Å². The minimum atomic E-state index is -0.688.